The number of urea groups is 1. The Bertz CT molecular complexity index is 619. The van der Waals surface area contributed by atoms with Crippen molar-refractivity contribution in [2.24, 2.45) is 0 Å². The van der Waals surface area contributed by atoms with E-state index in [-0.39, 0.29) is 6.03 Å². The van der Waals surface area contributed by atoms with Crippen molar-refractivity contribution in [2.75, 3.05) is 0 Å². The summed E-state index contributed by atoms with van der Waals surface area (Å²) in [5, 5.41) is 14.3. The van der Waals surface area contributed by atoms with Gasteiger partial charge in [0, 0.05) is 25.5 Å². The van der Waals surface area contributed by atoms with Gasteiger partial charge in [0.2, 0.25) is 0 Å². The number of hydrogen-bond acceptors (Lipinski definition) is 3. The van der Waals surface area contributed by atoms with Gasteiger partial charge in [0.25, 0.3) is 0 Å². The molecule has 0 radical (unpaired) electrons. The highest BCUT2D eigenvalue weighted by Crippen LogP contribution is 2.03. The number of benzene rings is 1. The molecule has 2 aromatic rings. The highest BCUT2D eigenvalue weighted by molar-refractivity contribution is 5.73. The molecule has 2 N–H and O–H groups in total. The van der Waals surface area contributed by atoms with Gasteiger partial charge >= 0.3 is 6.03 Å². The highest BCUT2D eigenvalue weighted by atomic mass is 16.2. The number of aromatic nitrogens is 1. The number of amides is 2. The lowest BCUT2D eigenvalue weighted by atomic mass is 10.1. The summed E-state index contributed by atoms with van der Waals surface area (Å²) in [5.74, 6) is 0. The largest absolute Gasteiger partial charge is 0.334 e. The van der Waals surface area contributed by atoms with Gasteiger partial charge in [-0.3, -0.25) is 4.98 Å². The average Bonchev–Trinajstić information content (AvgIpc) is 2.52. The van der Waals surface area contributed by atoms with Crippen LogP contribution in [0.2, 0.25) is 0 Å². The van der Waals surface area contributed by atoms with Crippen molar-refractivity contribution in [3.8, 4) is 6.07 Å². The zero-order chi connectivity index (χ0) is 14.2. The molecule has 0 atom stereocenters. The summed E-state index contributed by atoms with van der Waals surface area (Å²) in [5.41, 5.74) is 2.46. The first kappa shape index (κ1) is 13.6. The maximum Gasteiger partial charge on any atom is 0.315 e. The van der Waals surface area contributed by atoms with Crippen LogP contribution >= 0.6 is 0 Å². The van der Waals surface area contributed by atoms with Gasteiger partial charge in [-0.2, -0.15) is 5.26 Å². The van der Waals surface area contributed by atoms with Crippen LogP contribution in [0.3, 0.4) is 0 Å². The van der Waals surface area contributed by atoms with Crippen molar-refractivity contribution in [2.45, 2.75) is 13.1 Å². The number of pyridine rings is 1. The molecule has 0 saturated heterocycles. The van der Waals surface area contributed by atoms with Crippen molar-refractivity contribution in [3.63, 3.8) is 0 Å². The minimum Gasteiger partial charge on any atom is -0.334 e. The van der Waals surface area contributed by atoms with E-state index in [9.17, 15) is 4.79 Å². The zero-order valence-corrected chi connectivity index (χ0v) is 10.8. The SMILES string of the molecule is N#Cc1cccc(CNC(=O)NCc2ccncc2)c1. The Hall–Kier alpha value is -2.87. The Balaban J connectivity index is 1.79. The predicted octanol–water partition coefficient (Wildman–Crippen LogP) is 1.95. The summed E-state index contributed by atoms with van der Waals surface area (Å²) >= 11 is 0. The van der Waals surface area contributed by atoms with Crippen LogP contribution in [0.5, 0.6) is 0 Å². The second-order valence-electron chi connectivity index (χ2n) is 4.20. The molecule has 1 aromatic carbocycles. The van der Waals surface area contributed by atoms with E-state index in [0.717, 1.165) is 11.1 Å². The highest BCUT2D eigenvalue weighted by Gasteiger charge is 2.01. The van der Waals surface area contributed by atoms with Gasteiger partial charge in [-0.05, 0) is 35.4 Å². The number of rotatable bonds is 4. The van der Waals surface area contributed by atoms with Gasteiger partial charge in [0.15, 0.2) is 0 Å². The Morgan fingerprint density at radius 3 is 2.50 bits per heavy atom. The van der Waals surface area contributed by atoms with Crippen LogP contribution in [0, 0.1) is 11.3 Å². The van der Waals surface area contributed by atoms with Gasteiger partial charge < -0.3 is 10.6 Å². The van der Waals surface area contributed by atoms with Crippen LogP contribution in [-0.4, -0.2) is 11.0 Å². The molecule has 20 heavy (non-hydrogen) atoms. The molecule has 0 unspecified atom stereocenters. The Morgan fingerprint density at radius 2 is 1.80 bits per heavy atom. The number of carbonyl (C=O) groups excluding carboxylic acids is 1. The lowest BCUT2D eigenvalue weighted by Crippen LogP contribution is -2.34. The monoisotopic (exact) mass is 266 g/mol. The number of carbonyl (C=O) groups is 1. The van der Waals surface area contributed by atoms with Crippen molar-refractivity contribution < 1.29 is 4.79 Å². The molecule has 0 spiro atoms. The summed E-state index contributed by atoms with van der Waals surface area (Å²) in [6.45, 7) is 0.838. The van der Waals surface area contributed by atoms with Crippen molar-refractivity contribution in [3.05, 3.63) is 65.5 Å². The van der Waals surface area contributed by atoms with E-state index >= 15 is 0 Å². The summed E-state index contributed by atoms with van der Waals surface area (Å²) in [6.07, 6.45) is 3.37. The van der Waals surface area contributed by atoms with Gasteiger partial charge in [-0.1, -0.05) is 12.1 Å². The number of nitrogens with one attached hydrogen (secondary N) is 2. The lowest BCUT2D eigenvalue weighted by molar-refractivity contribution is 0.240. The molecule has 1 aromatic heterocycles. The molecule has 0 aliphatic carbocycles. The fourth-order valence-electron chi connectivity index (χ4n) is 1.68. The molecule has 1 heterocycles. The van der Waals surface area contributed by atoms with E-state index in [0.29, 0.717) is 18.7 Å². The maximum absolute atomic E-state index is 11.6. The van der Waals surface area contributed by atoms with E-state index in [2.05, 4.69) is 21.7 Å². The van der Waals surface area contributed by atoms with Gasteiger partial charge in [-0.25, -0.2) is 4.79 Å². The second kappa shape index (κ2) is 6.90. The fourth-order valence-corrected chi connectivity index (χ4v) is 1.68. The maximum atomic E-state index is 11.6. The van der Waals surface area contributed by atoms with Crippen LogP contribution < -0.4 is 10.6 Å². The smallest absolute Gasteiger partial charge is 0.315 e. The number of nitrogens with zero attached hydrogens (tertiary/aromatic N) is 2. The van der Waals surface area contributed by atoms with Crippen molar-refractivity contribution in [1.29, 1.82) is 5.26 Å². The van der Waals surface area contributed by atoms with E-state index < -0.39 is 0 Å². The zero-order valence-electron chi connectivity index (χ0n) is 10.8. The lowest BCUT2D eigenvalue weighted by Gasteiger charge is -2.07. The van der Waals surface area contributed by atoms with Gasteiger partial charge in [0.05, 0.1) is 11.6 Å². The molecular weight excluding hydrogens is 252 g/mol. The summed E-state index contributed by atoms with van der Waals surface area (Å²) in [7, 11) is 0. The standard InChI is InChI=1S/C15H14N4O/c16-9-13-2-1-3-14(8-13)11-19-15(20)18-10-12-4-6-17-7-5-12/h1-8H,10-11H2,(H2,18,19,20). The molecule has 0 fully saturated rings. The molecule has 5 heteroatoms. The van der Waals surface area contributed by atoms with Crippen molar-refractivity contribution >= 4 is 6.03 Å². The molecule has 2 rings (SSSR count). The molecule has 0 saturated carbocycles. The van der Waals surface area contributed by atoms with Crippen LogP contribution in [0.15, 0.2) is 48.8 Å². The van der Waals surface area contributed by atoms with Gasteiger partial charge in [0.1, 0.15) is 0 Å². The van der Waals surface area contributed by atoms with Gasteiger partial charge in [-0.15, -0.1) is 0 Å². The summed E-state index contributed by atoms with van der Waals surface area (Å²) < 4.78 is 0. The third-order valence-electron chi connectivity index (χ3n) is 2.71. The molecule has 2 amide bonds. The fraction of sp³-hybridized carbons (Fsp3) is 0.133. The van der Waals surface area contributed by atoms with E-state index in [1.807, 2.05) is 18.2 Å². The van der Waals surface area contributed by atoms with Crippen molar-refractivity contribution in [1.82, 2.24) is 15.6 Å². The number of nitriles is 1. The first-order valence-electron chi connectivity index (χ1n) is 6.17. The van der Waals surface area contributed by atoms with E-state index in [4.69, 9.17) is 5.26 Å². The van der Waals surface area contributed by atoms with Crippen LogP contribution in [0.1, 0.15) is 16.7 Å². The second-order valence-corrected chi connectivity index (χ2v) is 4.20. The first-order chi connectivity index (χ1) is 9.78. The molecular formula is C15H14N4O. The summed E-state index contributed by atoms with van der Waals surface area (Å²) in [6, 6.07) is 12.7. The average molecular weight is 266 g/mol. The first-order valence-corrected chi connectivity index (χ1v) is 6.17. The normalized spacial score (nSPS) is 9.55. The predicted molar refractivity (Wildman–Crippen MR) is 74.5 cm³/mol. The Kier molecular flexibility index (Phi) is 4.68. The summed E-state index contributed by atoms with van der Waals surface area (Å²) in [4.78, 5) is 15.6. The molecule has 5 nitrogen and oxygen atoms in total. The molecule has 0 aliphatic heterocycles. The topological polar surface area (TPSA) is 77.8 Å². The van der Waals surface area contributed by atoms with Crippen LogP contribution in [0.4, 0.5) is 4.79 Å². The molecule has 0 aliphatic rings. The quantitative estimate of drug-likeness (QED) is 0.887. The number of hydrogen-bond donors (Lipinski definition) is 2. The minimum atomic E-state index is -0.246. The third-order valence-corrected chi connectivity index (χ3v) is 2.71. The van der Waals surface area contributed by atoms with E-state index in [1.54, 1.807) is 30.6 Å². The minimum absolute atomic E-state index is 0.246. The molecule has 100 valence electrons. The Labute approximate surface area is 117 Å². The van der Waals surface area contributed by atoms with E-state index in [1.165, 1.54) is 0 Å². The molecule has 0 bridgehead atoms. The van der Waals surface area contributed by atoms with Crippen LogP contribution in [-0.2, 0) is 13.1 Å². The van der Waals surface area contributed by atoms with Crippen LogP contribution in [0.25, 0.3) is 0 Å². The Morgan fingerprint density at radius 1 is 1.10 bits per heavy atom. The third kappa shape index (κ3) is 4.10.